The van der Waals surface area contributed by atoms with Crippen LogP contribution in [-0.2, 0) is 11.9 Å². The van der Waals surface area contributed by atoms with Crippen molar-refractivity contribution < 1.29 is 17.6 Å². The molecule has 1 heterocycles. The Balaban J connectivity index is 1.64. The first kappa shape index (κ1) is 18.7. The van der Waals surface area contributed by atoms with Crippen molar-refractivity contribution in [2.24, 2.45) is 0 Å². The minimum absolute atomic E-state index is 0.311. The molecule has 130 valence electrons. The van der Waals surface area contributed by atoms with Crippen LogP contribution in [0.1, 0.15) is 17.7 Å². The van der Waals surface area contributed by atoms with Crippen molar-refractivity contribution in [3.63, 3.8) is 0 Å². The molecule has 0 saturated carbocycles. The lowest BCUT2D eigenvalue weighted by molar-refractivity contribution is -0.137. The number of benzene rings is 1. The molecule has 0 fully saturated rings. The van der Waals surface area contributed by atoms with Crippen LogP contribution in [0.15, 0.2) is 47.1 Å². The quantitative estimate of drug-likeness (QED) is 0.532. The Hall–Kier alpha value is -1.67. The molecule has 0 amide bonds. The van der Waals surface area contributed by atoms with E-state index in [0.29, 0.717) is 17.3 Å². The molecule has 0 atom stereocenters. The summed E-state index contributed by atoms with van der Waals surface area (Å²) in [5, 5.41) is 6.06. The Morgan fingerprint density at radius 2 is 2.04 bits per heavy atom. The highest BCUT2D eigenvalue weighted by Gasteiger charge is 2.30. The molecular weight excluding hydrogens is 357 g/mol. The zero-order valence-electron chi connectivity index (χ0n) is 12.7. The topological polar surface area (TPSA) is 37.2 Å². The average molecular weight is 374 g/mol. The highest BCUT2D eigenvalue weighted by atomic mass is 32.2. The maximum Gasteiger partial charge on any atom is 0.416 e. The molecule has 0 aliphatic rings. The predicted molar refractivity (Wildman–Crippen MR) is 95.2 cm³/mol. The average Bonchev–Trinajstić information content (AvgIpc) is 3.03. The summed E-state index contributed by atoms with van der Waals surface area (Å²) in [6.45, 7) is 0.649. The molecule has 1 aromatic heterocycles. The number of thiocarbonyl (C=S) groups is 1. The second-order valence-corrected chi connectivity index (χ2v) is 6.46. The molecule has 0 aliphatic heterocycles. The highest BCUT2D eigenvalue weighted by molar-refractivity contribution is 7.98. The first-order chi connectivity index (χ1) is 11.4. The van der Waals surface area contributed by atoms with E-state index in [4.69, 9.17) is 16.6 Å². The van der Waals surface area contributed by atoms with Crippen molar-refractivity contribution in [2.75, 3.05) is 17.6 Å². The largest absolute Gasteiger partial charge is 0.468 e. The number of nitrogens with one attached hydrogen (secondary N) is 2. The van der Waals surface area contributed by atoms with Crippen molar-refractivity contribution in [1.29, 1.82) is 0 Å². The zero-order chi connectivity index (χ0) is 17.4. The van der Waals surface area contributed by atoms with Crippen LogP contribution in [-0.4, -0.2) is 17.4 Å². The summed E-state index contributed by atoms with van der Waals surface area (Å²) in [7, 11) is 0. The van der Waals surface area contributed by atoms with Gasteiger partial charge in [0.25, 0.3) is 0 Å². The summed E-state index contributed by atoms with van der Waals surface area (Å²) in [5.74, 6) is 2.69. The summed E-state index contributed by atoms with van der Waals surface area (Å²) in [5.41, 5.74) is -0.390. The summed E-state index contributed by atoms with van der Waals surface area (Å²) in [6, 6.07) is 8.74. The third kappa shape index (κ3) is 6.45. The fourth-order valence-electron chi connectivity index (χ4n) is 1.89. The minimum atomic E-state index is -4.36. The van der Waals surface area contributed by atoms with E-state index in [9.17, 15) is 13.2 Å². The smallest absolute Gasteiger partial charge is 0.416 e. The maximum atomic E-state index is 12.6. The van der Waals surface area contributed by atoms with E-state index in [2.05, 4.69) is 10.6 Å². The molecule has 24 heavy (non-hydrogen) atoms. The maximum absolute atomic E-state index is 12.6. The van der Waals surface area contributed by atoms with E-state index in [1.165, 1.54) is 6.07 Å². The van der Waals surface area contributed by atoms with Crippen molar-refractivity contribution in [2.45, 2.75) is 18.3 Å². The molecule has 0 bridgehead atoms. The molecule has 3 nitrogen and oxygen atoms in total. The lowest BCUT2D eigenvalue weighted by Crippen LogP contribution is -2.29. The van der Waals surface area contributed by atoms with Gasteiger partial charge >= 0.3 is 6.18 Å². The molecule has 0 radical (unpaired) electrons. The van der Waals surface area contributed by atoms with Crippen LogP contribution in [0.2, 0.25) is 0 Å². The Morgan fingerprint density at radius 3 is 2.75 bits per heavy atom. The lowest BCUT2D eigenvalue weighted by Gasteiger charge is -2.12. The molecule has 2 rings (SSSR count). The van der Waals surface area contributed by atoms with Crippen LogP contribution in [0, 0.1) is 0 Å². The Kier molecular flexibility index (Phi) is 6.99. The predicted octanol–water partition coefficient (Wildman–Crippen LogP) is 4.91. The SMILES string of the molecule is FC(F)(F)c1cccc(NC(=S)NCCCSCc2ccco2)c1. The molecular formula is C16H17F3N2OS2. The van der Waals surface area contributed by atoms with E-state index < -0.39 is 11.7 Å². The van der Waals surface area contributed by atoms with Gasteiger partial charge in [0.05, 0.1) is 17.6 Å². The molecule has 0 saturated heterocycles. The van der Waals surface area contributed by atoms with Gasteiger partial charge in [-0.2, -0.15) is 24.9 Å². The summed E-state index contributed by atoms with van der Waals surface area (Å²) in [4.78, 5) is 0. The van der Waals surface area contributed by atoms with Crippen LogP contribution in [0.5, 0.6) is 0 Å². The van der Waals surface area contributed by atoms with Gasteiger partial charge in [-0.25, -0.2) is 0 Å². The number of anilines is 1. The molecule has 0 aliphatic carbocycles. The summed E-state index contributed by atoms with van der Waals surface area (Å²) < 4.78 is 43.2. The number of hydrogen-bond donors (Lipinski definition) is 2. The third-order valence-electron chi connectivity index (χ3n) is 3.02. The van der Waals surface area contributed by atoms with Crippen molar-refractivity contribution in [3.8, 4) is 0 Å². The number of furan rings is 1. The number of hydrogen-bond acceptors (Lipinski definition) is 3. The van der Waals surface area contributed by atoms with Gasteiger partial charge in [0.15, 0.2) is 5.11 Å². The van der Waals surface area contributed by atoms with Crippen LogP contribution in [0.25, 0.3) is 0 Å². The third-order valence-corrected chi connectivity index (χ3v) is 4.34. The number of halogens is 3. The molecule has 2 N–H and O–H groups in total. The van der Waals surface area contributed by atoms with E-state index in [0.717, 1.165) is 35.8 Å². The second kappa shape index (κ2) is 8.98. The van der Waals surface area contributed by atoms with Crippen LogP contribution < -0.4 is 10.6 Å². The normalized spacial score (nSPS) is 11.3. The second-order valence-electron chi connectivity index (χ2n) is 4.94. The van der Waals surface area contributed by atoms with Crippen LogP contribution >= 0.6 is 24.0 Å². The molecule has 0 spiro atoms. The van der Waals surface area contributed by atoms with Crippen molar-refractivity contribution >= 4 is 34.8 Å². The van der Waals surface area contributed by atoms with Gasteiger partial charge in [-0.05, 0) is 54.7 Å². The highest BCUT2D eigenvalue weighted by Crippen LogP contribution is 2.30. The lowest BCUT2D eigenvalue weighted by atomic mass is 10.2. The van der Waals surface area contributed by atoms with E-state index in [1.807, 2.05) is 12.1 Å². The van der Waals surface area contributed by atoms with E-state index in [-0.39, 0.29) is 0 Å². The van der Waals surface area contributed by atoms with Gasteiger partial charge < -0.3 is 15.1 Å². The molecule has 2 aromatic rings. The molecule has 0 unspecified atom stereocenters. The summed E-state index contributed by atoms with van der Waals surface area (Å²) in [6.07, 6.45) is -1.83. The fraction of sp³-hybridized carbons (Fsp3) is 0.312. The Morgan fingerprint density at radius 1 is 1.21 bits per heavy atom. The first-order valence-electron chi connectivity index (χ1n) is 7.27. The Labute approximate surface area is 148 Å². The molecule has 1 aromatic carbocycles. The van der Waals surface area contributed by atoms with Gasteiger partial charge in [-0.1, -0.05) is 6.07 Å². The minimum Gasteiger partial charge on any atom is -0.468 e. The fourth-order valence-corrected chi connectivity index (χ4v) is 2.97. The van der Waals surface area contributed by atoms with Gasteiger partial charge in [-0.15, -0.1) is 0 Å². The zero-order valence-corrected chi connectivity index (χ0v) is 14.4. The van der Waals surface area contributed by atoms with Crippen LogP contribution in [0.4, 0.5) is 18.9 Å². The van der Waals surface area contributed by atoms with Crippen molar-refractivity contribution in [3.05, 3.63) is 54.0 Å². The molecule has 8 heteroatoms. The van der Waals surface area contributed by atoms with E-state index >= 15 is 0 Å². The number of alkyl halides is 3. The first-order valence-corrected chi connectivity index (χ1v) is 8.84. The van der Waals surface area contributed by atoms with Gasteiger partial charge in [0.2, 0.25) is 0 Å². The van der Waals surface area contributed by atoms with Crippen LogP contribution in [0.3, 0.4) is 0 Å². The summed E-state index contributed by atoms with van der Waals surface area (Å²) >= 11 is 6.84. The standard InChI is InChI=1S/C16H17F3N2OS2/c17-16(18,19)12-4-1-5-13(10-12)21-15(23)20-7-3-9-24-11-14-6-2-8-22-14/h1-2,4-6,8,10H,3,7,9,11H2,(H2,20,21,23). The monoisotopic (exact) mass is 374 g/mol. The van der Waals surface area contributed by atoms with Gasteiger partial charge in [0, 0.05) is 12.2 Å². The van der Waals surface area contributed by atoms with E-state index in [1.54, 1.807) is 24.1 Å². The van der Waals surface area contributed by atoms with Gasteiger partial charge in [-0.3, -0.25) is 0 Å². The van der Waals surface area contributed by atoms with Gasteiger partial charge in [0.1, 0.15) is 5.76 Å². The Bertz CT molecular complexity index is 645. The van der Waals surface area contributed by atoms with Crippen molar-refractivity contribution in [1.82, 2.24) is 5.32 Å². The number of thioether (sulfide) groups is 1. The number of rotatable bonds is 7.